The van der Waals surface area contributed by atoms with Crippen molar-refractivity contribution in [3.8, 4) is 0 Å². The van der Waals surface area contributed by atoms with Gasteiger partial charge in [-0.2, -0.15) is 0 Å². The fraction of sp³-hybridized carbons (Fsp3) is 1.00. The third kappa shape index (κ3) is 3.34. The molecule has 0 saturated carbocycles. The molecule has 3 nitrogen and oxygen atoms in total. The maximum atomic E-state index is 2.57. The molecule has 0 aromatic heterocycles. The molecule has 0 radical (unpaired) electrons. The first-order valence-corrected chi connectivity index (χ1v) is 6.91. The Morgan fingerprint density at radius 3 is 1.87 bits per heavy atom. The Morgan fingerprint density at radius 2 is 1.33 bits per heavy atom. The Hall–Kier alpha value is 0.230. The first-order valence-electron chi connectivity index (χ1n) is 6.18. The van der Waals surface area contributed by atoms with Gasteiger partial charge in [0.25, 0.3) is 0 Å². The fourth-order valence-electron chi connectivity index (χ4n) is 2.23. The smallest absolute Gasteiger partial charge is 0.0230 e. The minimum absolute atomic E-state index is 0.712. The van der Waals surface area contributed by atoms with E-state index in [4.69, 9.17) is 0 Å². The molecule has 0 bridgehead atoms. The van der Waals surface area contributed by atoms with Gasteiger partial charge < -0.3 is 0 Å². The largest absolute Gasteiger partial charge is 0.298 e. The van der Waals surface area contributed by atoms with E-state index in [0.717, 1.165) is 0 Å². The molecule has 2 saturated heterocycles. The summed E-state index contributed by atoms with van der Waals surface area (Å²) >= 11 is 1.98. The molecule has 4 heteroatoms. The monoisotopic (exact) mass is 229 g/mol. The maximum absolute atomic E-state index is 2.57. The Morgan fingerprint density at radius 1 is 0.800 bits per heavy atom. The Kier molecular flexibility index (Phi) is 4.31. The summed E-state index contributed by atoms with van der Waals surface area (Å²) in [7, 11) is 0. The molecule has 88 valence electrons. The van der Waals surface area contributed by atoms with E-state index in [-0.39, 0.29) is 0 Å². The molecular formula is C11H23N3S. The highest BCUT2D eigenvalue weighted by molar-refractivity contribution is 7.94. The highest BCUT2D eigenvalue weighted by Gasteiger charge is 2.22. The summed E-state index contributed by atoms with van der Waals surface area (Å²) in [6, 6.07) is 0.712. The van der Waals surface area contributed by atoms with Gasteiger partial charge >= 0.3 is 0 Å². The van der Waals surface area contributed by atoms with Crippen LogP contribution in [0.5, 0.6) is 0 Å². The molecule has 2 aliphatic heterocycles. The van der Waals surface area contributed by atoms with E-state index in [1.807, 2.05) is 12.1 Å². The lowest BCUT2D eigenvalue weighted by atomic mass is 10.3. The zero-order valence-corrected chi connectivity index (χ0v) is 10.8. The highest BCUT2D eigenvalue weighted by Crippen LogP contribution is 2.23. The first-order chi connectivity index (χ1) is 7.25. The van der Waals surface area contributed by atoms with Gasteiger partial charge in [-0.05, 0) is 26.7 Å². The lowest BCUT2D eigenvalue weighted by Gasteiger charge is -2.37. The van der Waals surface area contributed by atoms with Crippen molar-refractivity contribution in [2.45, 2.75) is 32.7 Å². The minimum atomic E-state index is 0.712. The predicted octanol–water partition coefficient (Wildman–Crippen LogP) is 1.67. The Balaban J connectivity index is 1.68. The van der Waals surface area contributed by atoms with E-state index in [1.165, 1.54) is 52.1 Å². The van der Waals surface area contributed by atoms with E-state index < -0.39 is 0 Å². The van der Waals surface area contributed by atoms with Crippen LogP contribution in [0, 0.1) is 0 Å². The number of hydrogen-bond donors (Lipinski definition) is 0. The first kappa shape index (κ1) is 11.7. The number of piperazine rings is 1. The standard InChI is InChI=1S/C11H23N3S/c1-11(2)12-7-9-14(10-8-12)15-13-5-3-4-6-13/h11H,3-10H2,1-2H3. The van der Waals surface area contributed by atoms with Crippen LogP contribution in [0.2, 0.25) is 0 Å². The summed E-state index contributed by atoms with van der Waals surface area (Å²) in [5.74, 6) is 0. The molecule has 0 aromatic carbocycles. The van der Waals surface area contributed by atoms with Crippen molar-refractivity contribution in [2.24, 2.45) is 0 Å². The zero-order valence-electron chi connectivity index (χ0n) is 9.98. The van der Waals surface area contributed by atoms with Gasteiger partial charge in [-0.1, -0.05) is 0 Å². The SMILES string of the molecule is CC(C)N1CCN(SN2CCCC2)CC1. The molecule has 2 aliphatic rings. The molecule has 0 amide bonds. The summed E-state index contributed by atoms with van der Waals surface area (Å²) in [5.41, 5.74) is 0. The van der Waals surface area contributed by atoms with Crippen molar-refractivity contribution in [2.75, 3.05) is 39.3 Å². The van der Waals surface area contributed by atoms with Gasteiger partial charge in [0.1, 0.15) is 0 Å². The van der Waals surface area contributed by atoms with Crippen LogP contribution in [0.25, 0.3) is 0 Å². The molecule has 2 heterocycles. The summed E-state index contributed by atoms with van der Waals surface area (Å²) in [5, 5.41) is 0. The second-order valence-corrected chi connectivity index (χ2v) is 5.97. The van der Waals surface area contributed by atoms with E-state index in [9.17, 15) is 0 Å². The average Bonchev–Trinajstić information content (AvgIpc) is 2.71. The molecule has 2 rings (SSSR count). The summed E-state index contributed by atoms with van der Waals surface area (Å²) in [6.45, 7) is 12.1. The Labute approximate surface area is 98.1 Å². The fourth-order valence-corrected chi connectivity index (χ4v) is 3.31. The molecule has 0 unspecified atom stereocenters. The second-order valence-electron chi connectivity index (χ2n) is 4.78. The molecule has 15 heavy (non-hydrogen) atoms. The number of nitrogens with zero attached hydrogens (tertiary/aromatic N) is 3. The quantitative estimate of drug-likeness (QED) is 0.681. The molecule has 0 aromatic rings. The van der Waals surface area contributed by atoms with E-state index >= 15 is 0 Å². The van der Waals surface area contributed by atoms with Crippen LogP contribution in [-0.4, -0.2) is 58.8 Å². The van der Waals surface area contributed by atoms with Gasteiger partial charge in [-0.3, -0.25) is 4.90 Å². The molecule has 0 spiro atoms. The van der Waals surface area contributed by atoms with Crippen LogP contribution >= 0.6 is 12.1 Å². The van der Waals surface area contributed by atoms with Crippen molar-refractivity contribution in [3.63, 3.8) is 0 Å². The highest BCUT2D eigenvalue weighted by atomic mass is 32.2. The van der Waals surface area contributed by atoms with Crippen molar-refractivity contribution in [1.82, 2.24) is 13.5 Å². The van der Waals surface area contributed by atoms with Gasteiger partial charge in [-0.25, -0.2) is 8.61 Å². The second kappa shape index (κ2) is 5.53. The van der Waals surface area contributed by atoms with Gasteiger partial charge in [0.15, 0.2) is 0 Å². The summed E-state index contributed by atoms with van der Waals surface area (Å²) in [6.07, 6.45) is 2.78. The van der Waals surface area contributed by atoms with Gasteiger partial charge in [0.2, 0.25) is 0 Å². The normalized spacial score (nSPS) is 26.6. The van der Waals surface area contributed by atoms with Crippen LogP contribution < -0.4 is 0 Å². The lowest BCUT2D eigenvalue weighted by Crippen LogP contribution is -2.47. The maximum Gasteiger partial charge on any atom is 0.0230 e. The molecule has 0 N–H and O–H groups in total. The minimum Gasteiger partial charge on any atom is -0.298 e. The predicted molar refractivity (Wildman–Crippen MR) is 66.7 cm³/mol. The topological polar surface area (TPSA) is 9.72 Å². The van der Waals surface area contributed by atoms with Crippen molar-refractivity contribution < 1.29 is 0 Å². The summed E-state index contributed by atoms with van der Waals surface area (Å²) in [4.78, 5) is 2.57. The average molecular weight is 229 g/mol. The Bertz CT molecular complexity index is 184. The molecule has 0 atom stereocenters. The zero-order chi connectivity index (χ0) is 10.7. The number of rotatable bonds is 3. The van der Waals surface area contributed by atoms with Crippen molar-refractivity contribution in [3.05, 3.63) is 0 Å². The lowest BCUT2D eigenvalue weighted by molar-refractivity contribution is 0.158. The van der Waals surface area contributed by atoms with E-state index in [2.05, 4.69) is 27.4 Å². The van der Waals surface area contributed by atoms with Crippen LogP contribution in [0.4, 0.5) is 0 Å². The van der Waals surface area contributed by atoms with Crippen molar-refractivity contribution >= 4 is 12.1 Å². The molecule has 0 aliphatic carbocycles. The third-order valence-electron chi connectivity index (χ3n) is 3.30. The van der Waals surface area contributed by atoms with Crippen LogP contribution in [0.15, 0.2) is 0 Å². The van der Waals surface area contributed by atoms with Crippen LogP contribution in [0.1, 0.15) is 26.7 Å². The molecule has 2 fully saturated rings. The van der Waals surface area contributed by atoms with E-state index in [1.54, 1.807) is 0 Å². The van der Waals surface area contributed by atoms with Crippen molar-refractivity contribution in [1.29, 1.82) is 0 Å². The van der Waals surface area contributed by atoms with Crippen LogP contribution in [0.3, 0.4) is 0 Å². The van der Waals surface area contributed by atoms with Gasteiger partial charge in [0.05, 0.1) is 0 Å². The number of hydrogen-bond acceptors (Lipinski definition) is 4. The van der Waals surface area contributed by atoms with Gasteiger partial charge in [0, 0.05) is 57.4 Å². The van der Waals surface area contributed by atoms with E-state index in [0.29, 0.717) is 6.04 Å². The molecular weight excluding hydrogens is 206 g/mol. The van der Waals surface area contributed by atoms with Crippen LogP contribution in [-0.2, 0) is 0 Å². The van der Waals surface area contributed by atoms with Gasteiger partial charge in [-0.15, -0.1) is 0 Å². The summed E-state index contributed by atoms with van der Waals surface area (Å²) < 4.78 is 5.05. The third-order valence-corrected chi connectivity index (χ3v) is 4.49.